The van der Waals surface area contributed by atoms with Crippen molar-refractivity contribution in [2.45, 2.75) is 0 Å². The Morgan fingerprint density at radius 2 is 1.29 bits per heavy atom. The molecule has 24 heavy (non-hydrogen) atoms. The maximum absolute atomic E-state index is 13.6. The summed E-state index contributed by atoms with van der Waals surface area (Å²) in [5, 5.41) is 23.2. The molecule has 2 aromatic rings. The average Bonchev–Trinajstić information content (AvgIpc) is 2.54. The summed E-state index contributed by atoms with van der Waals surface area (Å²) in [7, 11) is 0. The molecule has 0 aliphatic rings. The third-order valence-electron chi connectivity index (χ3n) is 2.86. The van der Waals surface area contributed by atoms with Gasteiger partial charge in [0.15, 0.2) is 23.3 Å². The second kappa shape index (κ2) is 6.06. The lowest BCUT2D eigenvalue weighted by Gasteiger charge is -2.11. The highest BCUT2D eigenvalue weighted by atomic mass is 19.2. The zero-order valence-electron chi connectivity index (χ0n) is 11.1. The number of nitro groups is 2. The Morgan fingerprint density at radius 3 is 1.75 bits per heavy atom. The first-order chi connectivity index (χ1) is 11.1. The smallest absolute Gasteiger partial charge is 0.299 e. The lowest BCUT2D eigenvalue weighted by atomic mass is 10.2. The highest BCUT2D eigenvalue weighted by molar-refractivity contribution is 5.72. The van der Waals surface area contributed by atoms with Crippen LogP contribution in [0.1, 0.15) is 0 Å². The van der Waals surface area contributed by atoms with Gasteiger partial charge in [0, 0.05) is 6.07 Å². The number of hydrogen-bond donors (Lipinski definition) is 1. The second-order valence-corrected chi connectivity index (χ2v) is 4.29. The van der Waals surface area contributed by atoms with Crippen molar-refractivity contribution >= 4 is 22.7 Å². The largest absolute Gasteiger partial charge is 0.345 e. The molecular formula is C12H4F5N3O4. The fourth-order valence-electron chi connectivity index (χ4n) is 1.74. The van der Waals surface area contributed by atoms with Gasteiger partial charge in [-0.25, -0.2) is 22.0 Å². The molecule has 0 amide bonds. The SMILES string of the molecule is O=[N+]([O-])c1ccc(Nc2c(F)c(F)c(F)c(F)c2F)c([N+](=O)[O-])c1. The van der Waals surface area contributed by atoms with Crippen LogP contribution in [0.2, 0.25) is 0 Å². The Hall–Kier alpha value is -3.31. The third-order valence-corrected chi connectivity index (χ3v) is 2.86. The van der Waals surface area contributed by atoms with E-state index in [1.54, 1.807) is 5.32 Å². The summed E-state index contributed by atoms with van der Waals surface area (Å²) < 4.78 is 66.3. The zero-order valence-corrected chi connectivity index (χ0v) is 11.1. The van der Waals surface area contributed by atoms with E-state index in [2.05, 4.69) is 0 Å². The molecule has 0 aliphatic heterocycles. The molecule has 0 saturated heterocycles. The van der Waals surface area contributed by atoms with Gasteiger partial charge < -0.3 is 5.32 Å². The molecule has 0 unspecified atom stereocenters. The number of benzene rings is 2. The number of nitrogens with zero attached hydrogens (tertiary/aromatic N) is 2. The third kappa shape index (κ3) is 2.80. The minimum Gasteiger partial charge on any atom is -0.345 e. The fourth-order valence-corrected chi connectivity index (χ4v) is 1.74. The van der Waals surface area contributed by atoms with Crippen LogP contribution >= 0.6 is 0 Å². The number of nitro benzene ring substituents is 2. The standard InChI is InChI=1S/C12H4F5N3O4/c13-7-8(14)10(16)12(11(17)9(7)15)18-5-2-1-4(19(21)22)3-6(5)20(23)24/h1-3,18H. The van der Waals surface area contributed by atoms with Crippen LogP contribution in [0.25, 0.3) is 0 Å². The summed E-state index contributed by atoms with van der Waals surface area (Å²) in [4.78, 5) is 19.4. The Balaban J connectivity index is 2.61. The molecular weight excluding hydrogens is 345 g/mol. The Bertz CT molecular complexity index is 845. The van der Waals surface area contributed by atoms with Crippen LogP contribution in [0, 0.1) is 49.3 Å². The molecule has 0 saturated carbocycles. The van der Waals surface area contributed by atoms with E-state index < -0.39 is 61.7 Å². The number of nitrogens with one attached hydrogen (secondary N) is 1. The number of rotatable bonds is 4. The van der Waals surface area contributed by atoms with Crippen LogP contribution in [-0.4, -0.2) is 9.85 Å². The number of non-ortho nitro benzene ring substituents is 1. The van der Waals surface area contributed by atoms with Gasteiger partial charge in [-0.2, -0.15) is 0 Å². The maximum atomic E-state index is 13.6. The van der Waals surface area contributed by atoms with Crippen molar-refractivity contribution in [3.05, 3.63) is 67.5 Å². The summed E-state index contributed by atoms with van der Waals surface area (Å²) in [6, 6.07) is 1.92. The van der Waals surface area contributed by atoms with Gasteiger partial charge in [0.25, 0.3) is 11.4 Å². The summed E-state index contributed by atoms with van der Waals surface area (Å²) >= 11 is 0. The van der Waals surface area contributed by atoms with Crippen molar-refractivity contribution in [2.24, 2.45) is 0 Å². The Labute approximate surface area is 128 Å². The van der Waals surface area contributed by atoms with Gasteiger partial charge in [-0.3, -0.25) is 20.2 Å². The van der Waals surface area contributed by atoms with Crippen molar-refractivity contribution in [3.8, 4) is 0 Å². The zero-order chi connectivity index (χ0) is 18.2. The normalized spacial score (nSPS) is 10.5. The van der Waals surface area contributed by atoms with Crippen LogP contribution in [0.3, 0.4) is 0 Å². The van der Waals surface area contributed by atoms with Gasteiger partial charge in [-0.15, -0.1) is 0 Å². The molecule has 0 heterocycles. The predicted molar refractivity (Wildman–Crippen MR) is 69.3 cm³/mol. The first kappa shape index (κ1) is 17.1. The van der Waals surface area contributed by atoms with Gasteiger partial charge in [0.05, 0.1) is 15.9 Å². The monoisotopic (exact) mass is 349 g/mol. The average molecular weight is 349 g/mol. The molecule has 2 aromatic carbocycles. The minimum absolute atomic E-state index is 0.467. The maximum Gasteiger partial charge on any atom is 0.299 e. The van der Waals surface area contributed by atoms with Gasteiger partial charge in [-0.05, 0) is 6.07 Å². The van der Waals surface area contributed by atoms with Crippen molar-refractivity contribution in [2.75, 3.05) is 5.32 Å². The molecule has 7 nitrogen and oxygen atoms in total. The van der Waals surface area contributed by atoms with Gasteiger partial charge in [0.1, 0.15) is 11.4 Å². The Morgan fingerprint density at radius 1 is 0.792 bits per heavy atom. The number of halogens is 5. The predicted octanol–water partition coefficient (Wildman–Crippen LogP) is 3.94. The fraction of sp³-hybridized carbons (Fsp3) is 0. The Kier molecular flexibility index (Phi) is 4.31. The highest BCUT2D eigenvalue weighted by Crippen LogP contribution is 2.35. The molecule has 2 rings (SSSR count). The number of anilines is 2. The van der Waals surface area contributed by atoms with E-state index in [0.29, 0.717) is 12.1 Å². The molecule has 0 aliphatic carbocycles. The first-order valence-electron chi connectivity index (χ1n) is 5.86. The van der Waals surface area contributed by atoms with E-state index in [0.717, 1.165) is 6.07 Å². The molecule has 0 atom stereocenters. The summed E-state index contributed by atoms with van der Waals surface area (Å²) in [6.07, 6.45) is 0. The second-order valence-electron chi connectivity index (χ2n) is 4.29. The number of hydrogen-bond acceptors (Lipinski definition) is 5. The van der Waals surface area contributed by atoms with E-state index in [1.807, 2.05) is 0 Å². The van der Waals surface area contributed by atoms with Gasteiger partial charge in [0.2, 0.25) is 5.82 Å². The van der Waals surface area contributed by atoms with E-state index >= 15 is 0 Å². The quantitative estimate of drug-likeness (QED) is 0.296. The van der Waals surface area contributed by atoms with Crippen LogP contribution in [-0.2, 0) is 0 Å². The van der Waals surface area contributed by atoms with Crippen LogP contribution in [0.5, 0.6) is 0 Å². The molecule has 0 fully saturated rings. The van der Waals surface area contributed by atoms with E-state index in [9.17, 15) is 42.2 Å². The molecule has 0 radical (unpaired) electrons. The van der Waals surface area contributed by atoms with E-state index in [-0.39, 0.29) is 0 Å². The van der Waals surface area contributed by atoms with E-state index in [1.165, 1.54) is 0 Å². The molecule has 0 aromatic heterocycles. The lowest BCUT2D eigenvalue weighted by molar-refractivity contribution is -0.393. The molecule has 0 bridgehead atoms. The first-order valence-corrected chi connectivity index (χ1v) is 5.86. The molecule has 126 valence electrons. The molecule has 1 N–H and O–H groups in total. The van der Waals surface area contributed by atoms with Crippen molar-refractivity contribution < 1.29 is 31.8 Å². The lowest BCUT2D eigenvalue weighted by Crippen LogP contribution is -2.08. The van der Waals surface area contributed by atoms with Gasteiger partial charge in [-0.1, -0.05) is 0 Å². The van der Waals surface area contributed by atoms with Crippen LogP contribution in [0.4, 0.5) is 44.7 Å². The minimum atomic E-state index is -2.39. The summed E-state index contributed by atoms with van der Waals surface area (Å²) in [5.74, 6) is -11.4. The van der Waals surface area contributed by atoms with Crippen molar-refractivity contribution in [1.29, 1.82) is 0 Å². The van der Waals surface area contributed by atoms with Crippen molar-refractivity contribution in [1.82, 2.24) is 0 Å². The topological polar surface area (TPSA) is 98.3 Å². The summed E-state index contributed by atoms with van der Waals surface area (Å²) in [6.45, 7) is 0. The van der Waals surface area contributed by atoms with Gasteiger partial charge >= 0.3 is 0 Å². The van der Waals surface area contributed by atoms with E-state index in [4.69, 9.17) is 0 Å². The van der Waals surface area contributed by atoms with Crippen LogP contribution in [0.15, 0.2) is 18.2 Å². The summed E-state index contributed by atoms with van der Waals surface area (Å²) in [5.41, 5.74) is -3.92. The highest BCUT2D eigenvalue weighted by Gasteiger charge is 2.28. The molecule has 0 spiro atoms. The van der Waals surface area contributed by atoms with Crippen LogP contribution < -0.4 is 5.32 Å². The molecule has 12 heteroatoms. The van der Waals surface area contributed by atoms with Crippen molar-refractivity contribution in [3.63, 3.8) is 0 Å².